The fourth-order valence-corrected chi connectivity index (χ4v) is 1.76. The molecule has 0 aromatic heterocycles. The van der Waals surface area contributed by atoms with Crippen LogP contribution in [0.5, 0.6) is 0 Å². The molecule has 1 unspecified atom stereocenters. The highest BCUT2D eigenvalue weighted by Crippen LogP contribution is 2.24. The first kappa shape index (κ1) is 10.8. The first-order valence-corrected chi connectivity index (χ1v) is 4.95. The zero-order chi connectivity index (χ0) is 10.1. The second-order valence-corrected chi connectivity index (χ2v) is 3.76. The van der Waals surface area contributed by atoms with Crippen LogP contribution in [0.4, 0.5) is 13.2 Å². The summed E-state index contributed by atoms with van der Waals surface area (Å²) in [5, 5.41) is 0.576. The van der Waals surface area contributed by atoms with Crippen molar-refractivity contribution in [1.82, 2.24) is 4.90 Å². The summed E-state index contributed by atoms with van der Waals surface area (Å²) in [6.07, 6.45) is -4.06. The van der Waals surface area contributed by atoms with Crippen LogP contribution in [-0.2, 0) is 4.79 Å². The molecule has 0 spiro atoms. The van der Waals surface area contributed by atoms with E-state index < -0.39 is 18.6 Å². The van der Waals surface area contributed by atoms with Crippen LogP contribution in [-0.4, -0.2) is 35.4 Å². The number of amides is 1. The predicted octanol–water partition coefficient (Wildman–Crippen LogP) is 1.79. The van der Waals surface area contributed by atoms with Crippen molar-refractivity contribution in [1.29, 1.82) is 0 Å². The Morgan fingerprint density at radius 3 is 2.54 bits per heavy atom. The van der Waals surface area contributed by atoms with Gasteiger partial charge < -0.3 is 4.90 Å². The maximum absolute atomic E-state index is 11.9. The molecular weight excluding hydrogens is 251 g/mol. The summed E-state index contributed by atoms with van der Waals surface area (Å²) < 4.78 is 35.7. The minimum Gasteiger partial charge on any atom is -0.333 e. The average molecular weight is 260 g/mol. The molecule has 1 aliphatic heterocycles. The van der Waals surface area contributed by atoms with Gasteiger partial charge in [0.25, 0.3) is 0 Å². The van der Waals surface area contributed by atoms with Crippen LogP contribution >= 0.6 is 15.9 Å². The molecule has 0 aromatic carbocycles. The van der Waals surface area contributed by atoms with Crippen LogP contribution in [0.1, 0.15) is 6.42 Å². The van der Waals surface area contributed by atoms with E-state index in [0.29, 0.717) is 5.33 Å². The van der Waals surface area contributed by atoms with Gasteiger partial charge in [0, 0.05) is 18.3 Å². The average Bonchev–Trinajstić information content (AvgIpc) is 2.29. The molecular formula is C7H9BrF3NO. The maximum atomic E-state index is 11.9. The lowest BCUT2D eigenvalue weighted by Crippen LogP contribution is -2.35. The molecule has 1 fully saturated rings. The SMILES string of the molecule is O=C1CC(CBr)CN1CC(F)(F)F. The van der Waals surface area contributed by atoms with E-state index in [4.69, 9.17) is 0 Å². The Bertz CT molecular complexity index is 206. The second-order valence-electron chi connectivity index (χ2n) is 3.11. The molecule has 0 saturated carbocycles. The van der Waals surface area contributed by atoms with Gasteiger partial charge in [0.1, 0.15) is 6.54 Å². The largest absolute Gasteiger partial charge is 0.406 e. The molecule has 0 radical (unpaired) electrons. The van der Waals surface area contributed by atoms with Gasteiger partial charge in [-0.25, -0.2) is 0 Å². The molecule has 1 saturated heterocycles. The third-order valence-electron chi connectivity index (χ3n) is 1.88. The summed E-state index contributed by atoms with van der Waals surface area (Å²) in [6.45, 7) is -0.904. The van der Waals surface area contributed by atoms with Crippen molar-refractivity contribution in [3.8, 4) is 0 Å². The fraction of sp³-hybridized carbons (Fsp3) is 0.857. The minimum absolute atomic E-state index is 0.0230. The summed E-state index contributed by atoms with van der Waals surface area (Å²) in [5.74, 6) is -0.378. The molecule has 1 amide bonds. The topological polar surface area (TPSA) is 20.3 Å². The van der Waals surface area contributed by atoms with Crippen molar-refractivity contribution in [2.75, 3.05) is 18.4 Å². The second kappa shape index (κ2) is 3.86. The highest BCUT2D eigenvalue weighted by atomic mass is 79.9. The normalized spacial score (nSPS) is 24.2. The summed E-state index contributed by atoms with van der Waals surface area (Å²) in [6, 6.07) is 0. The molecule has 0 aromatic rings. The summed E-state index contributed by atoms with van der Waals surface area (Å²) in [5.41, 5.74) is 0. The van der Waals surface area contributed by atoms with Crippen molar-refractivity contribution in [3.05, 3.63) is 0 Å². The van der Waals surface area contributed by atoms with Crippen molar-refractivity contribution in [2.45, 2.75) is 12.6 Å². The van der Waals surface area contributed by atoms with Crippen LogP contribution in [0.25, 0.3) is 0 Å². The van der Waals surface area contributed by atoms with Crippen LogP contribution in [0.3, 0.4) is 0 Å². The van der Waals surface area contributed by atoms with E-state index >= 15 is 0 Å². The van der Waals surface area contributed by atoms with Crippen molar-refractivity contribution in [3.63, 3.8) is 0 Å². The fourth-order valence-electron chi connectivity index (χ4n) is 1.33. The summed E-state index contributed by atoms with van der Waals surface area (Å²) in [4.78, 5) is 11.9. The van der Waals surface area contributed by atoms with E-state index in [2.05, 4.69) is 15.9 Å². The molecule has 0 N–H and O–H groups in total. The van der Waals surface area contributed by atoms with Gasteiger partial charge in [-0.2, -0.15) is 13.2 Å². The van der Waals surface area contributed by atoms with E-state index in [9.17, 15) is 18.0 Å². The molecule has 0 aliphatic carbocycles. The van der Waals surface area contributed by atoms with Gasteiger partial charge in [-0.05, 0) is 5.92 Å². The van der Waals surface area contributed by atoms with Gasteiger partial charge in [-0.15, -0.1) is 0 Å². The first-order valence-electron chi connectivity index (χ1n) is 3.83. The Morgan fingerprint density at radius 1 is 1.54 bits per heavy atom. The number of carbonyl (C=O) groups is 1. The van der Waals surface area contributed by atoms with E-state index in [1.807, 2.05) is 0 Å². The number of hydrogen-bond acceptors (Lipinski definition) is 1. The number of nitrogens with zero attached hydrogens (tertiary/aromatic N) is 1. The minimum atomic E-state index is -4.28. The third-order valence-corrected chi connectivity index (χ3v) is 2.80. The quantitative estimate of drug-likeness (QED) is 0.693. The molecule has 1 heterocycles. The standard InChI is InChI=1S/C7H9BrF3NO/c8-2-5-1-6(13)12(3-5)4-7(9,10)11/h5H,1-4H2. The summed E-state index contributed by atoms with van der Waals surface area (Å²) >= 11 is 3.15. The van der Waals surface area contributed by atoms with Gasteiger partial charge in [0.15, 0.2) is 0 Å². The lowest BCUT2D eigenvalue weighted by atomic mass is 10.2. The number of likely N-dealkylation sites (tertiary alicyclic amines) is 1. The van der Waals surface area contributed by atoms with Gasteiger partial charge in [-0.1, -0.05) is 15.9 Å². The van der Waals surface area contributed by atoms with E-state index in [1.54, 1.807) is 0 Å². The Balaban J connectivity index is 2.49. The lowest BCUT2D eigenvalue weighted by molar-refractivity contribution is -0.157. The number of carbonyl (C=O) groups excluding carboxylic acids is 1. The van der Waals surface area contributed by atoms with Crippen LogP contribution in [0, 0.1) is 5.92 Å². The van der Waals surface area contributed by atoms with Crippen LogP contribution in [0.15, 0.2) is 0 Å². The number of rotatable bonds is 2. The first-order chi connectivity index (χ1) is 5.92. The number of halogens is 4. The Kier molecular flexibility index (Phi) is 3.21. The molecule has 6 heteroatoms. The van der Waals surface area contributed by atoms with Gasteiger partial charge in [0.2, 0.25) is 5.91 Å². The Hall–Kier alpha value is -0.260. The van der Waals surface area contributed by atoms with Gasteiger partial charge >= 0.3 is 6.18 Å². The molecule has 1 aliphatic rings. The zero-order valence-electron chi connectivity index (χ0n) is 6.77. The molecule has 1 atom stereocenters. The molecule has 1 rings (SSSR count). The van der Waals surface area contributed by atoms with Crippen LogP contribution in [0.2, 0.25) is 0 Å². The Morgan fingerprint density at radius 2 is 2.15 bits per heavy atom. The number of hydrogen-bond donors (Lipinski definition) is 0. The Labute approximate surface area is 82.2 Å². The van der Waals surface area contributed by atoms with Gasteiger partial charge in [0.05, 0.1) is 0 Å². The zero-order valence-corrected chi connectivity index (χ0v) is 8.36. The van der Waals surface area contributed by atoms with Crippen molar-refractivity contribution in [2.24, 2.45) is 5.92 Å². The smallest absolute Gasteiger partial charge is 0.333 e. The van der Waals surface area contributed by atoms with Gasteiger partial charge in [-0.3, -0.25) is 4.79 Å². The maximum Gasteiger partial charge on any atom is 0.406 e. The summed E-state index contributed by atoms with van der Waals surface area (Å²) in [7, 11) is 0. The lowest BCUT2D eigenvalue weighted by Gasteiger charge is -2.17. The van der Waals surface area contributed by atoms with E-state index in [1.165, 1.54) is 0 Å². The highest BCUT2D eigenvalue weighted by molar-refractivity contribution is 9.09. The molecule has 0 bridgehead atoms. The molecule has 2 nitrogen and oxygen atoms in total. The van der Waals surface area contributed by atoms with E-state index in [0.717, 1.165) is 4.90 Å². The van der Waals surface area contributed by atoms with E-state index in [-0.39, 0.29) is 18.9 Å². The molecule has 13 heavy (non-hydrogen) atoms. The predicted molar refractivity (Wildman–Crippen MR) is 44.5 cm³/mol. The molecule has 76 valence electrons. The van der Waals surface area contributed by atoms with Crippen molar-refractivity contribution < 1.29 is 18.0 Å². The highest BCUT2D eigenvalue weighted by Gasteiger charge is 2.37. The monoisotopic (exact) mass is 259 g/mol. The number of alkyl halides is 4. The van der Waals surface area contributed by atoms with Crippen LogP contribution < -0.4 is 0 Å². The van der Waals surface area contributed by atoms with Crippen molar-refractivity contribution >= 4 is 21.8 Å². The third kappa shape index (κ3) is 3.17.